The maximum Gasteiger partial charge on any atom is 0.317 e. The van der Waals surface area contributed by atoms with Crippen molar-refractivity contribution in [3.63, 3.8) is 0 Å². The van der Waals surface area contributed by atoms with E-state index in [1.807, 2.05) is 25.1 Å². The molecule has 0 saturated carbocycles. The van der Waals surface area contributed by atoms with Gasteiger partial charge in [0.1, 0.15) is 0 Å². The van der Waals surface area contributed by atoms with Crippen molar-refractivity contribution in [2.75, 3.05) is 25.0 Å². The molecular formula is C17H23N3O4. The highest BCUT2D eigenvalue weighted by Crippen LogP contribution is 2.29. The monoisotopic (exact) mass is 333 g/mol. The molecule has 0 aromatic heterocycles. The van der Waals surface area contributed by atoms with Gasteiger partial charge < -0.3 is 20.6 Å². The molecule has 7 nitrogen and oxygen atoms in total. The Morgan fingerprint density at radius 1 is 1.33 bits per heavy atom. The second kappa shape index (κ2) is 7.33. The highest BCUT2D eigenvalue weighted by molar-refractivity contribution is 5.94. The Morgan fingerprint density at radius 3 is 2.71 bits per heavy atom. The predicted molar refractivity (Wildman–Crippen MR) is 89.8 cm³/mol. The first-order valence-electron chi connectivity index (χ1n) is 7.99. The summed E-state index contributed by atoms with van der Waals surface area (Å²) >= 11 is 0. The van der Waals surface area contributed by atoms with Gasteiger partial charge in [0.05, 0.1) is 12.0 Å². The number of carboxylic acids is 1. The van der Waals surface area contributed by atoms with Crippen molar-refractivity contribution < 1.29 is 19.5 Å². The van der Waals surface area contributed by atoms with E-state index in [2.05, 4.69) is 10.6 Å². The SMILES string of the molecule is CCc1cccc(NC(=O)CNC(=O)N2CCC(C)(C(=O)O)C2)c1. The molecule has 2 rings (SSSR count). The zero-order chi connectivity index (χ0) is 17.7. The van der Waals surface area contributed by atoms with Crippen molar-refractivity contribution in [2.45, 2.75) is 26.7 Å². The highest BCUT2D eigenvalue weighted by Gasteiger charge is 2.42. The number of carboxylic acid groups (broad SMARTS) is 1. The maximum absolute atomic E-state index is 12.1. The molecule has 1 atom stereocenters. The van der Waals surface area contributed by atoms with Crippen LogP contribution in [0.1, 0.15) is 25.8 Å². The number of benzene rings is 1. The van der Waals surface area contributed by atoms with Crippen LogP contribution in [0.3, 0.4) is 0 Å². The Balaban J connectivity index is 1.81. The zero-order valence-electron chi connectivity index (χ0n) is 14.0. The topological polar surface area (TPSA) is 98.7 Å². The van der Waals surface area contributed by atoms with Gasteiger partial charge in [-0.25, -0.2) is 4.79 Å². The molecule has 0 aliphatic carbocycles. The Hall–Kier alpha value is -2.57. The number of hydrogen-bond donors (Lipinski definition) is 3. The lowest BCUT2D eigenvalue weighted by atomic mass is 9.90. The van der Waals surface area contributed by atoms with Gasteiger partial charge >= 0.3 is 12.0 Å². The molecule has 0 radical (unpaired) electrons. The third-order valence-corrected chi connectivity index (χ3v) is 4.30. The number of amides is 3. The van der Waals surface area contributed by atoms with Crippen LogP contribution in [0.2, 0.25) is 0 Å². The van der Waals surface area contributed by atoms with E-state index in [0.717, 1.165) is 12.0 Å². The predicted octanol–water partition coefficient (Wildman–Crippen LogP) is 1.69. The number of anilines is 1. The average Bonchev–Trinajstić information content (AvgIpc) is 2.97. The van der Waals surface area contributed by atoms with Gasteiger partial charge in [-0.1, -0.05) is 19.1 Å². The number of nitrogens with zero attached hydrogens (tertiary/aromatic N) is 1. The van der Waals surface area contributed by atoms with Crippen LogP contribution in [-0.4, -0.2) is 47.5 Å². The third kappa shape index (κ3) is 4.24. The summed E-state index contributed by atoms with van der Waals surface area (Å²) in [6.07, 6.45) is 1.28. The molecule has 1 unspecified atom stereocenters. The summed E-state index contributed by atoms with van der Waals surface area (Å²) in [5.41, 5.74) is 0.885. The molecule has 1 heterocycles. The summed E-state index contributed by atoms with van der Waals surface area (Å²) < 4.78 is 0. The minimum Gasteiger partial charge on any atom is -0.481 e. The van der Waals surface area contributed by atoms with E-state index in [0.29, 0.717) is 18.7 Å². The number of nitrogens with one attached hydrogen (secondary N) is 2. The number of carbonyl (C=O) groups is 3. The minimum absolute atomic E-state index is 0.147. The summed E-state index contributed by atoms with van der Waals surface area (Å²) in [6.45, 7) is 4.01. The lowest BCUT2D eigenvalue weighted by Gasteiger charge is -2.20. The zero-order valence-corrected chi connectivity index (χ0v) is 14.0. The van der Waals surface area contributed by atoms with Crippen molar-refractivity contribution >= 4 is 23.6 Å². The average molecular weight is 333 g/mol. The number of likely N-dealkylation sites (tertiary alicyclic amines) is 1. The van der Waals surface area contributed by atoms with Gasteiger partial charge in [-0.2, -0.15) is 0 Å². The fraction of sp³-hybridized carbons (Fsp3) is 0.471. The van der Waals surface area contributed by atoms with E-state index in [9.17, 15) is 19.5 Å². The number of urea groups is 1. The molecule has 1 aliphatic heterocycles. The summed E-state index contributed by atoms with van der Waals surface area (Å²) in [5, 5.41) is 14.4. The molecule has 7 heteroatoms. The smallest absolute Gasteiger partial charge is 0.317 e. The summed E-state index contributed by atoms with van der Waals surface area (Å²) in [6, 6.07) is 7.10. The van der Waals surface area contributed by atoms with Crippen LogP contribution in [-0.2, 0) is 16.0 Å². The highest BCUT2D eigenvalue weighted by atomic mass is 16.4. The van der Waals surface area contributed by atoms with Crippen LogP contribution >= 0.6 is 0 Å². The normalized spacial score (nSPS) is 19.8. The molecule has 24 heavy (non-hydrogen) atoms. The van der Waals surface area contributed by atoms with E-state index in [4.69, 9.17) is 0 Å². The van der Waals surface area contributed by atoms with Gasteiger partial charge in [0.15, 0.2) is 0 Å². The first-order valence-corrected chi connectivity index (χ1v) is 7.99. The number of carbonyl (C=O) groups excluding carboxylic acids is 2. The lowest BCUT2D eigenvalue weighted by molar-refractivity contribution is -0.147. The molecule has 3 amide bonds. The van der Waals surface area contributed by atoms with Crippen LogP contribution in [0.4, 0.5) is 10.5 Å². The third-order valence-electron chi connectivity index (χ3n) is 4.30. The lowest BCUT2D eigenvalue weighted by Crippen LogP contribution is -2.43. The van der Waals surface area contributed by atoms with Crippen molar-refractivity contribution in [2.24, 2.45) is 5.41 Å². The van der Waals surface area contributed by atoms with Gasteiger partial charge in [-0.05, 0) is 37.5 Å². The molecule has 0 bridgehead atoms. The molecule has 0 spiro atoms. The molecule has 1 aromatic carbocycles. The van der Waals surface area contributed by atoms with Crippen molar-refractivity contribution in [1.29, 1.82) is 0 Å². The van der Waals surface area contributed by atoms with Crippen LogP contribution in [0.25, 0.3) is 0 Å². The molecular weight excluding hydrogens is 310 g/mol. The van der Waals surface area contributed by atoms with Gasteiger partial charge in [0.25, 0.3) is 0 Å². The van der Waals surface area contributed by atoms with Crippen molar-refractivity contribution in [1.82, 2.24) is 10.2 Å². The standard InChI is InChI=1S/C17H23N3O4/c1-3-12-5-4-6-13(9-12)19-14(21)10-18-16(24)20-8-7-17(2,11-20)15(22)23/h4-6,9H,3,7-8,10-11H2,1-2H3,(H,18,24)(H,19,21)(H,22,23). The molecule has 1 saturated heterocycles. The second-order valence-corrected chi connectivity index (χ2v) is 6.30. The number of hydrogen-bond acceptors (Lipinski definition) is 3. The van der Waals surface area contributed by atoms with E-state index in [1.165, 1.54) is 4.90 Å². The fourth-order valence-electron chi connectivity index (χ4n) is 2.65. The van der Waals surface area contributed by atoms with Crippen LogP contribution < -0.4 is 10.6 Å². The number of aryl methyl sites for hydroxylation is 1. The minimum atomic E-state index is -0.916. The van der Waals surface area contributed by atoms with Gasteiger partial charge in [0.2, 0.25) is 5.91 Å². The summed E-state index contributed by atoms with van der Waals surface area (Å²) in [4.78, 5) is 36.6. The first kappa shape index (κ1) is 17.8. The Morgan fingerprint density at radius 2 is 2.08 bits per heavy atom. The quantitative estimate of drug-likeness (QED) is 0.763. The Bertz CT molecular complexity index is 646. The Kier molecular flexibility index (Phi) is 5.43. The van der Waals surface area contributed by atoms with Crippen molar-refractivity contribution in [3.05, 3.63) is 29.8 Å². The van der Waals surface area contributed by atoms with Gasteiger partial charge in [-0.15, -0.1) is 0 Å². The molecule has 130 valence electrons. The van der Waals surface area contributed by atoms with E-state index < -0.39 is 17.4 Å². The van der Waals surface area contributed by atoms with Crippen LogP contribution in [0.15, 0.2) is 24.3 Å². The van der Waals surface area contributed by atoms with E-state index in [-0.39, 0.29) is 19.0 Å². The fourth-order valence-corrected chi connectivity index (χ4v) is 2.65. The molecule has 1 fully saturated rings. The van der Waals surface area contributed by atoms with Crippen LogP contribution in [0.5, 0.6) is 0 Å². The van der Waals surface area contributed by atoms with Gasteiger partial charge in [0, 0.05) is 18.8 Å². The molecule has 1 aromatic rings. The van der Waals surface area contributed by atoms with Crippen molar-refractivity contribution in [3.8, 4) is 0 Å². The summed E-state index contributed by atoms with van der Waals surface area (Å²) in [7, 11) is 0. The van der Waals surface area contributed by atoms with E-state index in [1.54, 1.807) is 13.0 Å². The van der Waals surface area contributed by atoms with E-state index >= 15 is 0 Å². The summed E-state index contributed by atoms with van der Waals surface area (Å²) in [5.74, 6) is -1.23. The Labute approximate surface area is 141 Å². The second-order valence-electron chi connectivity index (χ2n) is 6.30. The largest absolute Gasteiger partial charge is 0.481 e. The molecule has 1 aliphatic rings. The first-order chi connectivity index (χ1) is 11.3. The number of aliphatic carboxylic acids is 1. The van der Waals surface area contributed by atoms with Crippen LogP contribution in [0, 0.1) is 5.41 Å². The number of rotatable bonds is 5. The molecule has 3 N–H and O–H groups in total. The maximum atomic E-state index is 12.1. The van der Waals surface area contributed by atoms with Gasteiger partial charge in [-0.3, -0.25) is 9.59 Å².